The molecule has 1 aliphatic carbocycles. The van der Waals surface area contributed by atoms with Gasteiger partial charge in [-0.15, -0.1) is 0 Å². The molecule has 0 spiro atoms. The van der Waals surface area contributed by atoms with Crippen molar-refractivity contribution in [1.82, 2.24) is 10.3 Å². The Balaban J connectivity index is 1.98. The third-order valence-corrected chi connectivity index (χ3v) is 2.92. The number of carbonyl (C=O) groups excluding carboxylic acids is 1. The number of rotatable bonds is 6. The van der Waals surface area contributed by atoms with Crippen LogP contribution in [0.15, 0.2) is 12.1 Å². The van der Waals surface area contributed by atoms with E-state index in [2.05, 4.69) is 15.6 Å². The standard InChI is InChI=1S/C14H22N4O2/c1-8(2)20-14-11(15)6-7-12(18-14)16-9(3)13(19)17-10-4-5-10/h6-10H,4-5,15H2,1-3H3,(H,16,18)(H,17,19). The minimum absolute atomic E-state index is 0.00404. The molecule has 0 bridgehead atoms. The van der Waals surface area contributed by atoms with Crippen molar-refractivity contribution < 1.29 is 9.53 Å². The average molecular weight is 278 g/mol. The number of anilines is 2. The molecule has 0 radical (unpaired) electrons. The Hall–Kier alpha value is -1.98. The van der Waals surface area contributed by atoms with Crippen LogP contribution in [0.25, 0.3) is 0 Å². The maximum absolute atomic E-state index is 11.9. The first kappa shape index (κ1) is 14.4. The number of ether oxygens (including phenoxy) is 1. The molecule has 1 aromatic heterocycles. The van der Waals surface area contributed by atoms with E-state index in [-0.39, 0.29) is 18.1 Å². The molecule has 0 aliphatic heterocycles. The summed E-state index contributed by atoms with van der Waals surface area (Å²) in [6, 6.07) is 3.46. The summed E-state index contributed by atoms with van der Waals surface area (Å²) in [4.78, 5) is 16.2. The highest BCUT2D eigenvalue weighted by Crippen LogP contribution is 2.22. The average Bonchev–Trinajstić information content (AvgIpc) is 3.16. The number of hydrogen-bond donors (Lipinski definition) is 3. The lowest BCUT2D eigenvalue weighted by Crippen LogP contribution is -2.38. The van der Waals surface area contributed by atoms with Crippen molar-refractivity contribution in [3.8, 4) is 5.88 Å². The van der Waals surface area contributed by atoms with Gasteiger partial charge in [-0.3, -0.25) is 4.79 Å². The maximum atomic E-state index is 11.9. The lowest BCUT2D eigenvalue weighted by molar-refractivity contribution is -0.121. The molecular formula is C14H22N4O2. The van der Waals surface area contributed by atoms with Gasteiger partial charge in [0, 0.05) is 6.04 Å². The summed E-state index contributed by atoms with van der Waals surface area (Å²) in [6.07, 6.45) is 2.14. The Morgan fingerprint density at radius 3 is 2.70 bits per heavy atom. The van der Waals surface area contributed by atoms with E-state index in [0.717, 1.165) is 12.8 Å². The van der Waals surface area contributed by atoms with Gasteiger partial charge in [0.05, 0.1) is 11.8 Å². The third kappa shape index (κ3) is 4.01. The predicted octanol–water partition coefficient (Wildman–Crippen LogP) is 1.53. The monoisotopic (exact) mass is 278 g/mol. The minimum Gasteiger partial charge on any atom is -0.473 e. The Morgan fingerprint density at radius 1 is 1.40 bits per heavy atom. The maximum Gasteiger partial charge on any atom is 0.242 e. The smallest absolute Gasteiger partial charge is 0.242 e. The number of pyridine rings is 1. The molecule has 1 aromatic rings. The predicted molar refractivity (Wildman–Crippen MR) is 78.7 cm³/mol. The van der Waals surface area contributed by atoms with Gasteiger partial charge in [0.2, 0.25) is 11.8 Å². The number of nitrogens with two attached hydrogens (primary N) is 1. The zero-order valence-corrected chi connectivity index (χ0v) is 12.1. The molecule has 110 valence electrons. The van der Waals surface area contributed by atoms with E-state index < -0.39 is 0 Å². The van der Waals surface area contributed by atoms with Crippen LogP contribution in [0.4, 0.5) is 11.5 Å². The molecule has 0 saturated heterocycles. The van der Waals surface area contributed by atoms with Crippen LogP contribution in [0.2, 0.25) is 0 Å². The first-order valence-electron chi connectivity index (χ1n) is 6.96. The van der Waals surface area contributed by atoms with Gasteiger partial charge >= 0.3 is 0 Å². The van der Waals surface area contributed by atoms with Crippen LogP contribution < -0.4 is 21.1 Å². The quantitative estimate of drug-likeness (QED) is 0.734. The molecule has 20 heavy (non-hydrogen) atoms. The SMILES string of the molecule is CC(C)Oc1nc(NC(C)C(=O)NC2CC2)ccc1N. The van der Waals surface area contributed by atoms with Gasteiger partial charge in [-0.05, 0) is 45.7 Å². The van der Waals surface area contributed by atoms with Gasteiger partial charge in [0.1, 0.15) is 11.9 Å². The highest BCUT2D eigenvalue weighted by molar-refractivity contribution is 5.84. The Morgan fingerprint density at radius 2 is 2.10 bits per heavy atom. The molecule has 6 nitrogen and oxygen atoms in total. The van der Waals surface area contributed by atoms with Crippen molar-refractivity contribution in [3.05, 3.63) is 12.1 Å². The molecule has 1 unspecified atom stereocenters. The summed E-state index contributed by atoms with van der Waals surface area (Å²) in [5.74, 6) is 0.950. The number of nitrogen functional groups attached to an aromatic ring is 1. The highest BCUT2D eigenvalue weighted by atomic mass is 16.5. The number of nitrogens with zero attached hydrogens (tertiary/aromatic N) is 1. The van der Waals surface area contributed by atoms with Gasteiger partial charge in [0.15, 0.2) is 0 Å². The number of amides is 1. The van der Waals surface area contributed by atoms with Gasteiger partial charge in [-0.1, -0.05) is 0 Å². The van der Waals surface area contributed by atoms with Crippen LogP contribution in [-0.4, -0.2) is 29.1 Å². The van der Waals surface area contributed by atoms with Crippen molar-refractivity contribution in [1.29, 1.82) is 0 Å². The summed E-state index contributed by atoms with van der Waals surface area (Å²) in [7, 11) is 0. The van der Waals surface area contributed by atoms with E-state index >= 15 is 0 Å². The van der Waals surface area contributed by atoms with Crippen molar-refractivity contribution >= 4 is 17.4 Å². The van der Waals surface area contributed by atoms with Crippen molar-refractivity contribution in [2.45, 2.75) is 51.8 Å². The van der Waals surface area contributed by atoms with Gasteiger partial charge < -0.3 is 21.1 Å². The summed E-state index contributed by atoms with van der Waals surface area (Å²) in [6.45, 7) is 5.62. The second-order valence-electron chi connectivity index (χ2n) is 5.41. The molecule has 4 N–H and O–H groups in total. The molecule has 1 aliphatic rings. The zero-order chi connectivity index (χ0) is 14.7. The van der Waals surface area contributed by atoms with Crippen LogP contribution in [0.3, 0.4) is 0 Å². The number of carbonyl (C=O) groups is 1. The van der Waals surface area contributed by atoms with Gasteiger partial charge in [-0.25, -0.2) is 0 Å². The second-order valence-corrected chi connectivity index (χ2v) is 5.41. The van der Waals surface area contributed by atoms with E-state index in [9.17, 15) is 4.79 Å². The third-order valence-electron chi connectivity index (χ3n) is 2.92. The normalized spacial score (nSPS) is 15.8. The largest absolute Gasteiger partial charge is 0.473 e. The molecule has 1 amide bonds. The number of hydrogen-bond acceptors (Lipinski definition) is 5. The molecular weight excluding hydrogens is 256 g/mol. The van der Waals surface area contributed by atoms with Gasteiger partial charge in [-0.2, -0.15) is 4.98 Å². The lowest BCUT2D eigenvalue weighted by atomic mass is 10.3. The van der Waals surface area contributed by atoms with Crippen LogP contribution in [0, 0.1) is 0 Å². The molecule has 1 heterocycles. The molecule has 1 saturated carbocycles. The van der Waals surface area contributed by atoms with Crippen molar-refractivity contribution in [2.24, 2.45) is 0 Å². The fraction of sp³-hybridized carbons (Fsp3) is 0.571. The second kappa shape index (κ2) is 5.98. The number of nitrogens with one attached hydrogen (secondary N) is 2. The van der Waals surface area contributed by atoms with Crippen LogP contribution in [0.5, 0.6) is 5.88 Å². The Kier molecular flexibility index (Phi) is 4.32. The fourth-order valence-corrected chi connectivity index (χ4v) is 1.69. The molecule has 1 fully saturated rings. The summed E-state index contributed by atoms with van der Waals surface area (Å²) in [5.41, 5.74) is 6.29. The lowest BCUT2D eigenvalue weighted by Gasteiger charge is -2.16. The molecule has 2 rings (SSSR count). The summed E-state index contributed by atoms with van der Waals surface area (Å²) >= 11 is 0. The van der Waals surface area contributed by atoms with Gasteiger partial charge in [0.25, 0.3) is 0 Å². The van der Waals surface area contributed by atoms with E-state index in [1.54, 1.807) is 19.1 Å². The number of aromatic nitrogens is 1. The van der Waals surface area contributed by atoms with E-state index in [4.69, 9.17) is 10.5 Å². The summed E-state index contributed by atoms with van der Waals surface area (Å²) in [5, 5.41) is 6.00. The topological polar surface area (TPSA) is 89.3 Å². The molecule has 6 heteroatoms. The van der Waals surface area contributed by atoms with Crippen LogP contribution in [0.1, 0.15) is 33.6 Å². The molecule has 0 aromatic carbocycles. The Labute approximate surface area is 119 Å². The van der Waals surface area contributed by atoms with Crippen molar-refractivity contribution in [2.75, 3.05) is 11.1 Å². The minimum atomic E-state index is -0.348. The first-order valence-corrected chi connectivity index (χ1v) is 6.96. The summed E-state index contributed by atoms with van der Waals surface area (Å²) < 4.78 is 5.53. The van der Waals surface area contributed by atoms with E-state index in [1.165, 1.54) is 0 Å². The van der Waals surface area contributed by atoms with E-state index in [0.29, 0.717) is 23.4 Å². The zero-order valence-electron chi connectivity index (χ0n) is 12.1. The van der Waals surface area contributed by atoms with E-state index in [1.807, 2.05) is 13.8 Å². The molecule has 1 atom stereocenters. The van der Waals surface area contributed by atoms with Crippen molar-refractivity contribution in [3.63, 3.8) is 0 Å². The first-order chi connectivity index (χ1) is 9.45. The highest BCUT2D eigenvalue weighted by Gasteiger charge is 2.25. The Bertz CT molecular complexity index is 486. The van der Waals surface area contributed by atoms with Crippen LogP contribution in [-0.2, 0) is 4.79 Å². The van der Waals surface area contributed by atoms with Crippen LogP contribution >= 0.6 is 0 Å². The fourth-order valence-electron chi connectivity index (χ4n) is 1.69.